The molecule has 1 aromatic carbocycles. The largest absolute Gasteiger partial charge is 0.325 e. The number of hydrogen-bond acceptors (Lipinski definition) is 1. The Balaban J connectivity index is 3.09. The Morgan fingerprint density at radius 3 is 2.36 bits per heavy atom. The van der Waals surface area contributed by atoms with E-state index in [1.807, 2.05) is 0 Å². The van der Waals surface area contributed by atoms with Gasteiger partial charge in [-0.05, 0) is 62.9 Å². The molecule has 2 heteroatoms. The van der Waals surface area contributed by atoms with E-state index >= 15 is 0 Å². The van der Waals surface area contributed by atoms with Crippen molar-refractivity contribution in [1.29, 1.82) is 0 Å². The van der Waals surface area contributed by atoms with Gasteiger partial charge >= 0.3 is 0 Å². The van der Waals surface area contributed by atoms with Crippen LogP contribution in [0.4, 0.5) is 0 Å². The van der Waals surface area contributed by atoms with Crippen LogP contribution in [0.25, 0.3) is 0 Å². The van der Waals surface area contributed by atoms with E-state index in [9.17, 15) is 0 Å². The Labute approximate surface area is 94.8 Å². The van der Waals surface area contributed by atoms with Gasteiger partial charge in [0.1, 0.15) is 0 Å². The fourth-order valence-corrected chi connectivity index (χ4v) is 2.18. The number of hydrogen-bond donors (Lipinski definition) is 1. The fourth-order valence-electron chi connectivity index (χ4n) is 1.56. The third kappa shape index (κ3) is 3.10. The second-order valence-electron chi connectivity index (χ2n) is 4.67. The molecule has 0 aliphatic heterocycles. The van der Waals surface area contributed by atoms with Crippen LogP contribution in [0.1, 0.15) is 30.5 Å². The minimum absolute atomic E-state index is 0.141. The molecular weight excluding hydrogens is 238 g/mol. The lowest BCUT2D eigenvalue weighted by Gasteiger charge is -2.20. The van der Waals surface area contributed by atoms with Crippen LogP contribution < -0.4 is 5.73 Å². The van der Waals surface area contributed by atoms with Gasteiger partial charge in [0.2, 0.25) is 0 Å². The summed E-state index contributed by atoms with van der Waals surface area (Å²) in [6, 6.07) is 4.30. The van der Waals surface area contributed by atoms with Crippen LogP contribution in [0.3, 0.4) is 0 Å². The van der Waals surface area contributed by atoms with Crippen LogP contribution in [0.5, 0.6) is 0 Å². The molecule has 1 aromatic rings. The predicted octanol–water partition coefficient (Wildman–Crippen LogP) is 3.35. The van der Waals surface area contributed by atoms with Crippen molar-refractivity contribution in [3.05, 3.63) is 33.3 Å². The number of nitrogens with two attached hydrogens (primary N) is 1. The van der Waals surface area contributed by atoms with E-state index in [-0.39, 0.29) is 5.54 Å². The Bertz CT molecular complexity index is 337. The van der Waals surface area contributed by atoms with E-state index in [1.165, 1.54) is 16.7 Å². The molecule has 0 spiro atoms. The number of halogens is 1. The molecule has 0 bridgehead atoms. The predicted molar refractivity (Wildman–Crippen MR) is 65.6 cm³/mol. The van der Waals surface area contributed by atoms with Gasteiger partial charge < -0.3 is 5.73 Å². The van der Waals surface area contributed by atoms with E-state index in [4.69, 9.17) is 5.73 Å². The maximum absolute atomic E-state index is 6.02. The highest BCUT2D eigenvalue weighted by Crippen LogP contribution is 2.23. The molecule has 0 fully saturated rings. The second-order valence-corrected chi connectivity index (χ2v) is 5.59. The topological polar surface area (TPSA) is 26.0 Å². The van der Waals surface area contributed by atoms with E-state index < -0.39 is 0 Å². The average Bonchev–Trinajstić information content (AvgIpc) is 1.96. The zero-order valence-electron chi connectivity index (χ0n) is 9.32. The summed E-state index contributed by atoms with van der Waals surface area (Å²) < 4.78 is 1.14. The van der Waals surface area contributed by atoms with Crippen molar-refractivity contribution in [2.24, 2.45) is 5.73 Å². The molecule has 0 saturated heterocycles. The highest BCUT2D eigenvalue weighted by Gasteiger charge is 2.14. The third-order valence-electron chi connectivity index (χ3n) is 2.39. The number of benzene rings is 1. The van der Waals surface area contributed by atoms with Gasteiger partial charge in [0, 0.05) is 10.0 Å². The van der Waals surface area contributed by atoms with Gasteiger partial charge in [-0.1, -0.05) is 15.9 Å². The summed E-state index contributed by atoms with van der Waals surface area (Å²) in [4.78, 5) is 0. The fraction of sp³-hybridized carbons (Fsp3) is 0.500. The molecule has 0 radical (unpaired) electrons. The van der Waals surface area contributed by atoms with Crippen molar-refractivity contribution < 1.29 is 0 Å². The van der Waals surface area contributed by atoms with E-state index in [0.29, 0.717) is 0 Å². The normalized spacial score (nSPS) is 11.9. The molecule has 2 N–H and O–H groups in total. The zero-order valence-corrected chi connectivity index (χ0v) is 10.9. The summed E-state index contributed by atoms with van der Waals surface area (Å²) >= 11 is 3.51. The van der Waals surface area contributed by atoms with Gasteiger partial charge in [-0.15, -0.1) is 0 Å². The maximum Gasteiger partial charge on any atom is 0.0180 e. The molecule has 0 aliphatic carbocycles. The molecule has 0 aromatic heterocycles. The van der Waals surface area contributed by atoms with Crippen LogP contribution in [-0.4, -0.2) is 5.54 Å². The average molecular weight is 256 g/mol. The second kappa shape index (κ2) is 4.03. The Kier molecular flexibility index (Phi) is 3.38. The van der Waals surface area contributed by atoms with E-state index in [1.54, 1.807) is 0 Å². The molecule has 0 heterocycles. The summed E-state index contributed by atoms with van der Waals surface area (Å²) in [6.07, 6.45) is 0.916. The Morgan fingerprint density at radius 1 is 1.29 bits per heavy atom. The van der Waals surface area contributed by atoms with Crippen LogP contribution in [-0.2, 0) is 6.42 Å². The SMILES string of the molecule is Cc1cc(Br)cc(CC(C)(C)N)c1C. The lowest BCUT2D eigenvalue weighted by Crippen LogP contribution is -2.34. The molecule has 1 nitrogen and oxygen atoms in total. The first-order chi connectivity index (χ1) is 6.29. The van der Waals surface area contributed by atoms with Crippen molar-refractivity contribution in [3.63, 3.8) is 0 Å². The number of rotatable bonds is 2. The van der Waals surface area contributed by atoms with Crippen LogP contribution >= 0.6 is 15.9 Å². The molecule has 1 rings (SSSR count). The van der Waals surface area contributed by atoms with Crippen molar-refractivity contribution in [3.8, 4) is 0 Å². The molecular formula is C12H18BrN. The first-order valence-corrected chi connectivity index (χ1v) is 5.63. The van der Waals surface area contributed by atoms with Gasteiger partial charge in [0.05, 0.1) is 0 Å². The number of aryl methyl sites for hydroxylation is 1. The zero-order chi connectivity index (χ0) is 10.9. The lowest BCUT2D eigenvalue weighted by atomic mass is 9.92. The molecule has 0 atom stereocenters. The van der Waals surface area contributed by atoms with Crippen molar-refractivity contribution in [2.75, 3.05) is 0 Å². The minimum Gasteiger partial charge on any atom is -0.325 e. The summed E-state index contributed by atoms with van der Waals surface area (Å²) in [6.45, 7) is 8.40. The Hall–Kier alpha value is -0.340. The smallest absolute Gasteiger partial charge is 0.0180 e. The van der Waals surface area contributed by atoms with Crippen molar-refractivity contribution in [1.82, 2.24) is 0 Å². The maximum atomic E-state index is 6.02. The molecule has 0 amide bonds. The minimum atomic E-state index is -0.141. The van der Waals surface area contributed by atoms with Crippen LogP contribution in [0.2, 0.25) is 0 Å². The molecule has 0 aliphatic rings. The van der Waals surface area contributed by atoms with Gasteiger partial charge in [0.15, 0.2) is 0 Å². The quantitative estimate of drug-likeness (QED) is 0.862. The summed E-state index contributed by atoms with van der Waals surface area (Å²) in [7, 11) is 0. The summed E-state index contributed by atoms with van der Waals surface area (Å²) in [5.74, 6) is 0. The third-order valence-corrected chi connectivity index (χ3v) is 2.84. The molecule has 14 heavy (non-hydrogen) atoms. The van der Waals surface area contributed by atoms with Gasteiger partial charge in [0.25, 0.3) is 0 Å². The van der Waals surface area contributed by atoms with Gasteiger partial charge in [-0.3, -0.25) is 0 Å². The highest BCUT2D eigenvalue weighted by atomic mass is 79.9. The lowest BCUT2D eigenvalue weighted by molar-refractivity contribution is 0.515. The van der Waals surface area contributed by atoms with Crippen molar-refractivity contribution >= 4 is 15.9 Å². The first-order valence-electron chi connectivity index (χ1n) is 4.84. The first kappa shape index (κ1) is 11.7. The molecule has 78 valence electrons. The van der Waals surface area contributed by atoms with Crippen LogP contribution in [0, 0.1) is 13.8 Å². The van der Waals surface area contributed by atoms with Gasteiger partial charge in [-0.2, -0.15) is 0 Å². The van der Waals surface area contributed by atoms with Gasteiger partial charge in [-0.25, -0.2) is 0 Å². The standard InChI is InChI=1S/C12H18BrN/c1-8-5-11(13)6-10(9(8)2)7-12(3,4)14/h5-6H,7,14H2,1-4H3. The Morgan fingerprint density at radius 2 is 1.86 bits per heavy atom. The highest BCUT2D eigenvalue weighted by molar-refractivity contribution is 9.10. The van der Waals surface area contributed by atoms with Crippen LogP contribution in [0.15, 0.2) is 16.6 Å². The van der Waals surface area contributed by atoms with E-state index in [0.717, 1.165) is 10.9 Å². The molecule has 0 saturated carbocycles. The molecule has 0 unspecified atom stereocenters. The monoisotopic (exact) mass is 255 g/mol. The van der Waals surface area contributed by atoms with Crippen molar-refractivity contribution in [2.45, 2.75) is 39.7 Å². The summed E-state index contributed by atoms with van der Waals surface area (Å²) in [5, 5.41) is 0. The summed E-state index contributed by atoms with van der Waals surface area (Å²) in [5.41, 5.74) is 9.89. The van der Waals surface area contributed by atoms with E-state index in [2.05, 4.69) is 55.8 Å².